The van der Waals surface area contributed by atoms with E-state index in [1.165, 1.54) is 17.3 Å². The molecule has 0 fully saturated rings. The lowest BCUT2D eigenvalue weighted by molar-refractivity contribution is -0.115. The summed E-state index contributed by atoms with van der Waals surface area (Å²) < 4.78 is 2.29. The predicted molar refractivity (Wildman–Crippen MR) is 175 cm³/mol. The lowest BCUT2D eigenvalue weighted by atomic mass is 10.1. The van der Waals surface area contributed by atoms with Crippen molar-refractivity contribution in [2.24, 2.45) is 0 Å². The SMILES string of the molecule is CCn1c2ccccc2c2cc(NC(=O)C(Sc3cccc(NC(=O)c4cccc(Cl)c4)c3)c3ccccc3)ccc21. The lowest BCUT2D eigenvalue weighted by Gasteiger charge is -2.18. The van der Waals surface area contributed by atoms with Crippen molar-refractivity contribution in [3.8, 4) is 0 Å². The third kappa shape index (κ3) is 5.77. The number of para-hydroxylation sites is 1. The van der Waals surface area contributed by atoms with Crippen LogP contribution in [-0.4, -0.2) is 16.4 Å². The number of fused-ring (bicyclic) bond motifs is 3. The molecule has 1 atom stereocenters. The molecule has 0 spiro atoms. The third-order valence-electron chi connectivity index (χ3n) is 7.13. The fraction of sp³-hybridized carbons (Fsp3) is 0.0857. The van der Waals surface area contributed by atoms with Gasteiger partial charge in [0.2, 0.25) is 5.91 Å². The fourth-order valence-corrected chi connectivity index (χ4v) is 6.47. The fourth-order valence-electron chi connectivity index (χ4n) is 5.20. The molecule has 42 heavy (non-hydrogen) atoms. The first-order valence-electron chi connectivity index (χ1n) is 13.7. The third-order valence-corrected chi connectivity index (χ3v) is 8.61. The van der Waals surface area contributed by atoms with E-state index in [0.717, 1.165) is 39.0 Å². The Hall–Kier alpha value is -4.52. The monoisotopic (exact) mass is 589 g/mol. The molecule has 1 heterocycles. The average molecular weight is 590 g/mol. The van der Waals surface area contributed by atoms with E-state index in [9.17, 15) is 9.59 Å². The van der Waals surface area contributed by atoms with Crippen LogP contribution in [0.1, 0.15) is 28.1 Å². The molecule has 0 bridgehead atoms. The second-order valence-corrected chi connectivity index (χ2v) is 11.5. The summed E-state index contributed by atoms with van der Waals surface area (Å²) in [5, 5.41) is 8.35. The maximum Gasteiger partial charge on any atom is 0.255 e. The van der Waals surface area contributed by atoms with Crippen LogP contribution in [0.3, 0.4) is 0 Å². The number of hydrogen-bond acceptors (Lipinski definition) is 3. The van der Waals surface area contributed by atoms with Crippen LogP contribution in [0.15, 0.2) is 126 Å². The minimum atomic E-state index is -0.516. The van der Waals surface area contributed by atoms with Gasteiger partial charge in [0.25, 0.3) is 5.91 Å². The van der Waals surface area contributed by atoms with E-state index in [1.54, 1.807) is 24.3 Å². The molecule has 0 aliphatic heterocycles. The van der Waals surface area contributed by atoms with Gasteiger partial charge < -0.3 is 15.2 Å². The first-order valence-corrected chi connectivity index (χ1v) is 15.0. The Balaban J connectivity index is 1.26. The van der Waals surface area contributed by atoms with Crippen molar-refractivity contribution in [2.45, 2.75) is 23.6 Å². The molecule has 0 aliphatic rings. The topological polar surface area (TPSA) is 63.1 Å². The van der Waals surface area contributed by atoms with Crippen LogP contribution >= 0.6 is 23.4 Å². The molecule has 1 aromatic heterocycles. The zero-order chi connectivity index (χ0) is 29.1. The summed E-state index contributed by atoms with van der Waals surface area (Å²) in [5.74, 6) is -0.380. The molecule has 0 aliphatic carbocycles. The van der Waals surface area contributed by atoms with Crippen molar-refractivity contribution < 1.29 is 9.59 Å². The Morgan fingerprint density at radius 1 is 0.738 bits per heavy atom. The Bertz CT molecular complexity index is 1920. The van der Waals surface area contributed by atoms with E-state index < -0.39 is 5.25 Å². The van der Waals surface area contributed by atoms with E-state index >= 15 is 0 Å². The second-order valence-electron chi connectivity index (χ2n) is 9.88. The predicted octanol–water partition coefficient (Wildman–Crippen LogP) is 9.19. The average Bonchev–Trinajstić information content (AvgIpc) is 3.33. The van der Waals surface area contributed by atoms with Crippen molar-refractivity contribution in [1.82, 2.24) is 4.57 Å². The number of hydrogen-bond donors (Lipinski definition) is 2. The van der Waals surface area contributed by atoms with Crippen molar-refractivity contribution in [1.29, 1.82) is 0 Å². The first kappa shape index (κ1) is 27.6. The highest BCUT2D eigenvalue weighted by molar-refractivity contribution is 8.00. The van der Waals surface area contributed by atoms with Gasteiger partial charge in [0.1, 0.15) is 5.25 Å². The number of carbonyl (C=O) groups is 2. The summed E-state index contributed by atoms with van der Waals surface area (Å²) in [6.07, 6.45) is 0. The molecule has 0 radical (unpaired) electrons. The highest BCUT2D eigenvalue weighted by Crippen LogP contribution is 2.38. The number of anilines is 2. The van der Waals surface area contributed by atoms with Gasteiger partial charge >= 0.3 is 0 Å². The largest absolute Gasteiger partial charge is 0.341 e. The summed E-state index contributed by atoms with van der Waals surface area (Å²) in [7, 11) is 0. The number of thioether (sulfide) groups is 1. The summed E-state index contributed by atoms with van der Waals surface area (Å²) >= 11 is 7.49. The van der Waals surface area contributed by atoms with E-state index in [4.69, 9.17) is 11.6 Å². The highest BCUT2D eigenvalue weighted by Gasteiger charge is 2.23. The minimum absolute atomic E-state index is 0.127. The maximum atomic E-state index is 13.8. The Morgan fingerprint density at radius 2 is 1.48 bits per heavy atom. The molecule has 6 aromatic rings. The van der Waals surface area contributed by atoms with Crippen LogP contribution in [0.2, 0.25) is 5.02 Å². The van der Waals surface area contributed by atoms with Gasteiger partial charge in [0.05, 0.1) is 0 Å². The normalized spacial score (nSPS) is 11.9. The standard InChI is InChI=1S/C35H28ClN3O2S/c1-2-39-31-17-7-6-16-29(31)30-22-27(18-19-32(30)39)38-35(41)33(23-10-4-3-5-11-23)42-28-15-9-14-26(21-28)37-34(40)24-12-8-13-25(36)20-24/h3-22,33H,2H2,1H3,(H,37,40)(H,38,41). The number of rotatable bonds is 8. The van der Waals surface area contributed by atoms with Crippen LogP contribution in [0, 0.1) is 0 Å². The molecule has 0 saturated heterocycles. The van der Waals surface area contributed by atoms with Gasteiger partial charge in [0, 0.05) is 55.2 Å². The van der Waals surface area contributed by atoms with Gasteiger partial charge in [-0.2, -0.15) is 0 Å². The highest BCUT2D eigenvalue weighted by atomic mass is 35.5. The van der Waals surface area contributed by atoms with E-state index in [-0.39, 0.29) is 11.8 Å². The zero-order valence-electron chi connectivity index (χ0n) is 22.9. The number of carbonyl (C=O) groups excluding carboxylic acids is 2. The molecule has 2 amide bonds. The maximum absolute atomic E-state index is 13.8. The smallest absolute Gasteiger partial charge is 0.255 e. The van der Waals surface area contributed by atoms with Gasteiger partial charge in [-0.05, 0) is 73.2 Å². The Kier molecular flexibility index (Phi) is 8.00. The lowest BCUT2D eigenvalue weighted by Crippen LogP contribution is -2.19. The van der Waals surface area contributed by atoms with Crippen molar-refractivity contribution in [2.75, 3.05) is 10.6 Å². The van der Waals surface area contributed by atoms with E-state index in [1.807, 2.05) is 66.7 Å². The quantitative estimate of drug-likeness (QED) is 0.174. The Morgan fingerprint density at radius 3 is 2.29 bits per heavy atom. The van der Waals surface area contributed by atoms with E-state index in [0.29, 0.717) is 16.3 Å². The molecule has 2 N–H and O–H groups in total. The molecule has 5 aromatic carbocycles. The van der Waals surface area contributed by atoms with Gasteiger partial charge in [-0.15, -0.1) is 11.8 Å². The summed E-state index contributed by atoms with van der Waals surface area (Å²) in [6.45, 7) is 3.00. The van der Waals surface area contributed by atoms with Crippen LogP contribution in [-0.2, 0) is 11.3 Å². The van der Waals surface area contributed by atoms with Gasteiger partial charge in [-0.25, -0.2) is 0 Å². The second kappa shape index (κ2) is 12.1. The summed E-state index contributed by atoms with van der Waals surface area (Å²) in [5.41, 5.74) is 5.06. The van der Waals surface area contributed by atoms with Gasteiger partial charge in [0.15, 0.2) is 0 Å². The molecule has 1 unspecified atom stereocenters. The van der Waals surface area contributed by atoms with Crippen molar-refractivity contribution in [3.63, 3.8) is 0 Å². The summed E-state index contributed by atoms with van der Waals surface area (Å²) in [6, 6.07) is 38.5. The van der Waals surface area contributed by atoms with Crippen LogP contribution in [0.25, 0.3) is 21.8 Å². The van der Waals surface area contributed by atoms with E-state index in [2.05, 4.69) is 52.5 Å². The minimum Gasteiger partial charge on any atom is -0.341 e. The molecule has 5 nitrogen and oxygen atoms in total. The first-order chi connectivity index (χ1) is 20.5. The number of benzene rings is 5. The van der Waals surface area contributed by atoms with Crippen LogP contribution in [0.4, 0.5) is 11.4 Å². The molecule has 6 rings (SSSR count). The molecule has 208 valence electrons. The molecular formula is C35H28ClN3O2S. The van der Waals surface area contributed by atoms with Gasteiger partial charge in [-0.1, -0.05) is 72.3 Å². The summed E-state index contributed by atoms with van der Waals surface area (Å²) in [4.78, 5) is 27.5. The van der Waals surface area contributed by atoms with Crippen LogP contribution < -0.4 is 10.6 Å². The molecule has 7 heteroatoms. The number of nitrogens with one attached hydrogen (secondary N) is 2. The molecule has 0 saturated carbocycles. The number of nitrogens with zero attached hydrogens (tertiary/aromatic N) is 1. The molecular weight excluding hydrogens is 562 g/mol. The number of aromatic nitrogens is 1. The number of halogens is 1. The van der Waals surface area contributed by atoms with Crippen molar-refractivity contribution in [3.05, 3.63) is 137 Å². The van der Waals surface area contributed by atoms with Crippen molar-refractivity contribution >= 4 is 68.4 Å². The number of aryl methyl sites for hydroxylation is 1. The number of amides is 2. The van der Waals surface area contributed by atoms with Gasteiger partial charge in [-0.3, -0.25) is 9.59 Å². The Labute approximate surface area is 253 Å². The van der Waals surface area contributed by atoms with Crippen LogP contribution in [0.5, 0.6) is 0 Å². The zero-order valence-corrected chi connectivity index (χ0v) is 24.5.